The third kappa shape index (κ3) is 3.87. The van der Waals surface area contributed by atoms with Crippen molar-refractivity contribution < 1.29 is 14.3 Å². The Morgan fingerprint density at radius 2 is 2.07 bits per heavy atom. The van der Waals surface area contributed by atoms with E-state index in [-0.39, 0.29) is 18.6 Å². The zero-order valence-electron chi connectivity index (χ0n) is 15.8. The summed E-state index contributed by atoms with van der Waals surface area (Å²) in [6.45, 7) is 4.47. The Bertz CT molecular complexity index is 941. The van der Waals surface area contributed by atoms with E-state index < -0.39 is 18.1 Å². The molecule has 146 valence electrons. The first kappa shape index (κ1) is 19.5. The molecule has 1 aromatic heterocycles. The molecule has 9 heteroatoms. The third-order valence-corrected chi connectivity index (χ3v) is 4.69. The molecule has 1 aliphatic heterocycles. The van der Waals surface area contributed by atoms with Gasteiger partial charge in [-0.25, -0.2) is 0 Å². The molecule has 2 aromatic rings. The zero-order chi connectivity index (χ0) is 20.3. The van der Waals surface area contributed by atoms with Gasteiger partial charge in [-0.2, -0.15) is 5.26 Å². The Kier molecular flexibility index (Phi) is 5.70. The summed E-state index contributed by atoms with van der Waals surface area (Å²) in [6, 6.07) is 4.89. The Hall–Kier alpha value is -3.25. The van der Waals surface area contributed by atoms with Gasteiger partial charge in [-0.05, 0) is 25.5 Å². The Labute approximate surface area is 162 Å². The van der Waals surface area contributed by atoms with Gasteiger partial charge in [0.15, 0.2) is 6.10 Å². The van der Waals surface area contributed by atoms with Gasteiger partial charge in [0.05, 0.1) is 23.9 Å². The van der Waals surface area contributed by atoms with Crippen LogP contribution < -0.4 is 16.0 Å². The topological polar surface area (TPSA) is 134 Å². The molecule has 28 heavy (non-hydrogen) atoms. The molecule has 0 aliphatic carbocycles. The van der Waals surface area contributed by atoms with E-state index in [1.165, 1.54) is 0 Å². The molecule has 3 atom stereocenters. The number of amides is 2. The second-order valence-electron chi connectivity index (χ2n) is 6.71. The van der Waals surface area contributed by atoms with Crippen LogP contribution in [0.2, 0.25) is 0 Å². The van der Waals surface area contributed by atoms with E-state index in [1.54, 1.807) is 31.5 Å². The summed E-state index contributed by atoms with van der Waals surface area (Å²) in [5, 5.41) is 12.0. The van der Waals surface area contributed by atoms with Crippen molar-refractivity contribution in [2.24, 2.45) is 5.73 Å². The van der Waals surface area contributed by atoms with Crippen LogP contribution in [0, 0.1) is 11.3 Å². The number of nitrogens with one attached hydrogen (secondary N) is 1. The lowest BCUT2D eigenvalue weighted by Crippen LogP contribution is -2.56. The minimum Gasteiger partial charge on any atom is -0.368 e. The number of fused-ring (bicyclic) bond motifs is 1. The van der Waals surface area contributed by atoms with Crippen molar-refractivity contribution in [3.05, 3.63) is 30.1 Å². The Morgan fingerprint density at radius 1 is 1.36 bits per heavy atom. The molecule has 1 aromatic carbocycles. The predicted molar refractivity (Wildman–Crippen MR) is 102 cm³/mol. The largest absolute Gasteiger partial charge is 0.368 e. The van der Waals surface area contributed by atoms with Crippen molar-refractivity contribution in [2.45, 2.75) is 38.5 Å². The van der Waals surface area contributed by atoms with Crippen LogP contribution in [0.4, 0.5) is 5.69 Å². The summed E-state index contributed by atoms with van der Waals surface area (Å²) in [6.07, 6.45) is 2.53. The molecule has 2 heterocycles. The highest BCUT2D eigenvalue weighted by Gasteiger charge is 2.33. The van der Waals surface area contributed by atoms with Crippen molar-refractivity contribution in [3.8, 4) is 6.07 Å². The quantitative estimate of drug-likeness (QED) is 0.768. The Morgan fingerprint density at radius 3 is 2.71 bits per heavy atom. The van der Waals surface area contributed by atoms with E-state index in [9.17, 15) is 14.9 Å². The maximum absolute atomic E-state index is 12.6. The van der Waals surface area contributed by atoms with Gasteiger partial charge in [-0.3, -0.25) is 19.6 Å². The fourth-order valence-corrected chi connectivity index (χ4v) is 3.32. The molecular weight excluding hydrogens is 360 g/mol. The van der Waals surface area contributed by atoms with Crippen LogP contribution in [0.5, 0.6) is 0 Å². The summed E-state index contributed by atoms with van der Waals surface area (Å²) in [7, 11) is 0. The first-order valence-corrected chi connectivity index (χ1v) is 9.08. The van der Waals surface area contributed by atoms with Crippen LogP contribution in [0.25, 0.3) is 11.0 Å². The number of nitrogens with two attached hydrogens (primary N) is 1. The first-order chi connectivity index (χ1) is 13.4. The molecule has 1 fully saturated rings. The molecule has 9 nitrogen and oxygen atoms in total. The van der Waals surface area contributed by atoms with E-state index in [0.717, 1.165) is 5.69 Å². The minimum absolute atomic E-state index is 0.222. The number of carbonyl (C=O) groups is 2. The number of ether oxygens (including phenoxy) is 1. The molecule has 3 N–H and O–H groups in total. The minimum atomic E-state index is -0.764. The summed E-state index contributed by atoms with van der Waals surface area (Å²) in [4.78, 5) is 34.7. The number of aromatic nitrogens is 2. The molecule has 0 unspecified atom stereocenters. The first-order valence-electron chi connectivity index (χ1n) is 9.08. The molecule has 0 radical (unpaired) electrons. The van der Waals surface area contributed by atoms with Gasteiger partial charge in [0.25, 0.3) is 5.91 Å². The van der Waals surface area contributed by atoms with Gasteiger partial charge in [0.1, 0.15) is 23.1 Å². The summed E-state index contributed by atoms with van der Waals surface area (Å²) >= 11 is 0. The lowest BCUT2D eigenvalue weighted by molar-refractivity contribution is -0.140. The number of rotatable bonds is 5. The molecule has 1 aliphatic rings. The molecule has 0 spiro atoms. The summed E-state index contributed by atoms with van der Waals surface area (Å²) < 4.78 is 5.79. The van der Waals surface area contributed by atoms with Crippen LogP contribution in [-0.2, 0) is 14.3 Å². The van der Waals surface area contributed by atoms with E-state index >= 15 is 0 Å². The van der Waals surface area contributed by atoms with Crippen LogP contribution in [0.15, 0.2) is 24.5 Å². The van der Waals surface area contributed by atoms with Crippen LogP contribution in [0.1, 0.15) is 25.8 Å². The fraction of sp³-hybridized carbons (Fsp3) is 0.421. The van der Waals surface area contributed by atoms with Gasteiger partial charge in [0, 0.05) is 18.9 Å². The number of hydrogen-bond acceptors (Lipinski definition) is 7. The highest BCUT2D eigenvalue weighted by molar-refractivity contribution is 5.93. The van der Waals surface area contributed by atoms with Gasteiger partial charge >= 0.3 is 0 Å². The average Bonchev–Trinajstić information content (AvgIpc) is 2.70. The number of hydrogen-bond donors (Lipinski definition) is 2. The maximum Gasteiger partial charge on any atom is 0.251 e. The second-order valence-corrected chi connectivity index (χ2v) is 6.71. The van der Waals surface area contributed by atoms with E-state index in [2.05, 4.69) is 21.4 Å². The number of primary amides is 1. The summed E-state index contributed by atoms with van der Waals surface area (Å²) in [5.41, 5.74) is 7.64. The molecule has 0 bridgehead atoms. The van der Waals surface area contributed by atoms with Crippen LogP contribution in [-0.4, -0.2) is 53.1 Å². The monoisotopic (exact) mass is 382 g/mol. The smallest absolute Gasteiger partial charge is 0.251 e. The van der Waals surface area contributed by atoms with Crippen LogP contribution >= 0.6 is 0 Å². The third-order valence-electron chi connectivity index (χ3n) is 4.69. The van der Waals surface area contributed by atoms with Crippen molar-refractivity contribution >= 4 is 28.5 Å². The van der Waals surface area contributed by atoms with Crippen molar-refractivity contribution in [2.75, 3.05) is 18.0 Å². The highest BCUT2D eigenvalue weighted by Crippen LogP contribution is 2.28. The standard InChI is InChI=1S/C19H22N6O3/c1-3-13(18(21)26)24-19(27)15-10-25(9-11(2)28-15)14-5-4-12(8-20)16-17(14)23-7-6-22-16/h4-7,11,13,15H,3,9-10H2,1-2H3,(H2,21,26)(H,24,27)/t11-,13-,15-/m1/s1. The van der Waals surface area contributed by atoms with Gasteiger partial charge < -0.3 is 20.7 Å². The van der Waals surface area contributed by atoms with Gasteiger partial charge in [-0.1, -0.05) is 6.92 Å². The van der Waals surface area contributed by atoms with Gasteiger partial charge in [0.2, 0.25) is 5.91 Å². The van der Waals surface area contributed by atoms with Crippen LogP contribution in [0.3, 0.4) is 0 Å². The molecule has 3 rings (SSSR count). The maximum atomic E-state index is 12.6. The van der Waals surface area contributed by atoms with Crippen molar-refractivity contribution in [3.63, 3.8) is 0 Å². The zero-order valence-corrected chi connectivity index (χ0v) is 15.8. The van der Waals surface area contributed by atoms with E-state index in [1.807, 2.05) is 11.8 Å². The molecule has 1 saturated heterocycles. The number of anilines is 1. The molecule has 2 amide bonds. The highest BCUT2D eigenvalue weighted by atomic mass is 16.5. The normalized spacial score (nSPS) is 20.4. The Balaban J connectivity index is 1.88. The molecule has 0 saturated carbocycles. The molecular formula is C19H22N6O3. The lowest BCUT2D eigenvalue weighted by atomic mass is 10.1. The number of benzene rings is 1. The van der Waals surface area contributed by atoms with Crippen molar-refractivity contribution in [1.82, 2.24) is 15.3 Å². The number of nitriles is 1. The predicted octanol–water partition coefficient (Wildman–Crippen LogP) is 0.475. The fourth-order valence-electron chi connectivity index (χ4n) is 3.32. The van der Waals surface area contributed by atoms with E-state index in [0.29, 0.717) is 29.6 Å². The number of morpholine rings is 1. The number of nitrogens with zero attached hydrogens (tertiary/aromatic N) is 4. The van der Waals surface area contributed by atoms with Gasteiger partial charge in [-0.15, -0.1) is 0 Å². The SMILES string of the molecule is CC[C@@H](NC(=O)[C@H]1CN(c2ccc(C#N)c3nccnc23)C[C@@H](C)O1)C(N)=O. The van der Waals surface area contributed by atoms with E-state index in [4.69, 9.17) is 10.5 Å². The second kappa shape index (κ2) is 8.19. The average molecular weight is 382 g/mol. The summed E-state index contributed by atoms with van der Waals surface area (Å²) in [5.74, 6) is -0.962. The number of carbonyl (C=O) groups excluding carboxylic acids is 2. The lowest BCUT2D eigenvalue weighted by Gasteiger charge is -2.38. The van der Waals surface area contributed by atoms with Crippen molar-refractivity contribution in [1.29, 1.82) is 5.26 Å².